The summed E-state index contributed by atoms with van der Waals surface area (Å²) in [5.74, 6) is -0.612. The Morgan fingerprint density at radius 2 is 0.836 bits per heavy atom. The number of rotatable bonds is 39. The number of unbranched alkanes of at least 4 members (excludes halogenated alkanes) is 28. The van der Waals surface area contributed by atoms with Gasteiger partial charge in [0.05, 0.1) is 6.04 Å². The van der Waals surface area contributed by atoms with Crippen LogP contribution < -0.4 is 0 Å². The lowest BCUT2D eigenvalue weighted by Gasteiger charge is -2.45. The van der Waals surface area contributed by atoms with Gasteiger partial charge in [-0.3, -0.25) is 14.5 Å². The van der Waals surface area contributed by atoms with Crippen molar-refractivity contribution in [3.8, 4) is 0 Å². The molecule has 55 heavy (non-hydrogen) atoms. The number of amides is 1. The number of hydrogen-bond donors (Lipinski definition) is 0. The number of nitrogens with zero attached hydrogens (tertiary/aromatic N) is 2. The van der Waals surface area contributed by atoms with Gasteiger partial charge in [-0.1, -0.05) is 194 Å². The molecule has 1 unspecified atom stereocenters. The van der Waals surface area contributed by atoms with Crippen molar-refractivity contribution in [3.63, 3.8) is 0 Å². The van der Waals surface area contributed by atoms with Crippen molar-refractivity contribution in [1.29, 1.82) is 0 Å². The molecule has 1 heterocycles. The average molecular weight is 779 g/mol. The zero-order chi connectivity index (χ0) is 40.2. The molecule has 0 spiro atoms. The maximum Gasteiger partial charge on any atom is 0.409 e. The largest absolute Gasteiger partial charge is 0.462 e. The number of likely N-dealkylation sites (tertiary alicyclic amines) is 1. The second kappa shape index (κ2) is 36.5. The molecule has 8 heteroatoms. The van der Waals surface area contributed by atoms with Crippen molar-refractivity contribution in [2.45, 2.75) is 251 Å². The van der Waals surface area contributed by atoms with E-state index in [1.165, 1.54) is 154 Å². The summed E-state index contributed by atoms with van der Waals surface area (Å²) in [7, 11) is 1.75. The number of hydrogen-bond acceptors (Lipinski definition) is 7. The maximum atomic E-state index is 12.8. The summed E-state index contributed by atoms with van der Waals surface area (Å²) in [4.78, 5) is 42.1. The van der Waals surface area contributed by atoms with Crippen molar-refractivity contribution in [2.24, 2.45) is 0 Å². The van der Waals surface area contributed by atoms with Gasteiger partial charge in [-0.2, -0.15) is 0 Å². The van der Waals surface area contributed by atoms with E-state index in [0.717, 1.165) is 51.6 Å². The summed E-state index contributed by atoms with van der Waals surface area (Å²) in [5.41, 5.74) is 0. The Labute approximate surface area is 340 Å². The molecule has 0 aliphatic carbocycles. The molecule has 0 aromatic carbocycles. The number of carbonyl (C=O) groups excluding carboxylic acids is 3. The summed E-state index contributed by atoms with van der Waals surface area (Å²) >= 11 is 0. The predicted molar refractivity (Wildman–Crippen MR) is 230 cm³/mol. The molecule has 0 N–H and O–H groups in total. The van der Waals surface area contributed by atoms with E-state index in [2.05, 4.69) is 32.6 Å². The summed E-state index contributed by atoms with van der Waals surface area (Å²) in [6.07, 6.45) is 37.6. The second-order valence-electron chi connectivity index (χ2n) is 17.1. The van der Waals surface area contributed by atoms with Crippen LogP contribution >= 0.6 is 0 Å². The molecule has 8 nitrogen and oxygen atoms in total. The number of ether oxygens (including phenoxy) is 3. The zero-order valence-electron chi connectivity index (χ0n) is 37.0. The fourth-order valence-corrected chi connectivity index (χ4v) is 7.47. The lowest BCUT2D eigenvalue weighted by molar-refractivity contribution is -0.161. The van der Waals surface area contributed by atoms with Crippen LogP contribution in [0.4, 0.5) is 4.79 Å². The van der Waals surface area contributed by atoms with Crippen molar-refractivity contribution in [3.05, 3.63) is 0 Å². The Hall–Kier alpha value is -1.83. The molecule has 0 aromatic heterocycles. The van der Waals surface area contributed by atoms with Crippen LogP contribution in [0, 0.1) is 0 Å². The smallest absolute Gasteiger partial charge is 0.409 e. The third-order valence-electron chi connectivity index (χ3n) is 11.5. The highest BCUT2D eigenvalue weighted by Crippen LogP contribution is 2.19. The van der Waals surface area contributed by atoms with Gasteiger partial charge in [0.15, 0.2) is 6.10 Å². The molecule has 1 saturated heterocycles. The molecule has 1 rings (SSSR count). The zero-order valence-corrected chi connectivity index (χ0v) is 37.0. The van der Waals surface area contributed by atoms with Gasteiger partial charge >= 0.3 is 18.0 Å². The first kappa shape index (κ1) is 51.2. The van der Waals surface area contributed by atoms with E-state index in [1.807, 2.05) is 0 Å². The monoisotopic (exact) mass is 779 g/mol. The highest BCUT2D eigenvalue weighted by molar-refractivity contribution is 5.70. The molecule has 1 aliphatic rings. The Kier molecular flexibility index (Phi) is 34.0. The number of likely N-dealkylation sites (N-methyl/N-ethyl adjacent to an activating group) is 1. The van der Waals surface area contributed by atoms with Crippen LogP contribution in [-0.2, 0) is 23.8 Å². The molecule has 0 bridgehead atoms. The summed E-state index contributed by atoms with van der Waals surface area (Å²) < 4.78 is 16.8. The van der Waals surface area contributed by atoms with E-state index in [1.54, 1.807) is 11.9 Å². The molecule has 0 saturated carbocycles. The van der Waals surface area contributed by atoms with Crippen LogP contribution in [0.5, 0.6) is 0 Å². The van der Waals surface area contributed by atoms with Gasteiger partial charge in [0.2, 0.25) is 0 Å². The fourth-order valence-electron chi connectivity index (χ4n) is 7.47. The van der Waals surface area contributed by atoms with Gasteiger partial charge in [0, 0.05) is 39.0 Å². The average Bonchev–Trinajstić information content (AvgIpc) is 3.14. The fraction of sp³-hybridized carbons (Fsp3) is 0.936. The highest BCUT2D eigenvalue weighted by Gasteiger charge is 2.34. The van der Waals surface area contributed by atoms with Gasteiger partial charge in [0.1, 0.15) is 13.2 Å². The van der Waals surface area contributed by atoms with Gasteiger partial charge < -0.3 is 19.1 Å². The number of esters is 2. The Morgan fingerprint density at radius 3 is 1.20 bits per heavy atom. The topological polar surface area (TPSA) is 85.4 Å². The Bertz CT molecular complexity index is 908. The van der Waals surface area contributed by atoms with Crippen molar-refractivity contribution in [1.82, 2.24) is 9.80 Å². The van der Waals surface area contributed by atoms with E-state index < -0.39 is 12.2 Å². The van der Waals surface area contributed by atoms with E-state index >= 15 is 0 Å². The first-order valence-corrected chi connectivity index (χ1v) is 23.8. The highest BCUT2D eigenvalue weighted by atomic mass is 16.6. The van der Waals surface area contributed by atoms with Crippen molar-refractivity contribution < 1.29 is 28.6 Å². The van der Waals surface area contributed by atoms with Crippen LogP contribution in [0.15, 0.2) is 0 Å². The normalized spacial score (nSPS) is 13.9. The lowest BCUT2D eigenvalue weighted by Crippen LogP contribution is -2.61. The van der Waals surface area contributed by atoms with Gasteiger partial charge in [0.25, 0.3) is 0 Å². The van der Waals surface area contributed by atoms with Crippen molar-refractivity contribution in [2.75, 3.05) is 33.4 Å². The van der Waals surface area contributed by atoms with Crippen LogP contribution in [0.3, 0.4) is 0 Å². The molecule has 1 fully saturated rings. The molecule has 1 atom stereocenters. The minimum atomic E-state index is -0.806. The van der Waals surface area contributed by atoms with Gasteiger partial charge in [-0.25, -0.2) is 4.79 Å². The predicted octanol–water partition coefficient (Wildman–Crippen LogP) is 13.1. The third kappa shape index (κ3) is 30.0. The lowest BCUT2D eigenvalue weighted by atomic mass is 10.0. The third-order valence-corrected chi connectivity index (χ3v) is 11.5. The quantitative estimate of drug-likeness (QED) is 0.0349. The van der Waals surface area contributed by atoms with Crippen LogP contribution in [0.2, 0.25) is 0 Å². The van der Waals surface area contributed by atoms with E-state index in [4.69, 9.17) is 14.2 Å². The van der Waals surface area contributed by atoms with E-state index in [9.17, 15) is 14.4 Å². The number of carbonyl (C=O) groups is 3. The second-order valence-corrected chi connectivity index (χ2v) is 17.1. The molecule has 0 aromatic rings. The first-order valence-electron chi connectivity index (χ1n) is 23.8. The molecule has 0 radical (unpaired) electrons. The van der Waals surface area contributed by atoms with E-state index in [0.29, 0.717) is 18.9 Å². The SMILES string of the molecule is CCCCCCCCCCCCCCCCCC(=O)OCC(COC(=O)N(C)C1CN(C(C)C)C1)OC(=O)CCCCCCCCCCCCCCCCC. The minimum absolute atomic E-state index is 0.0935. The van der Waals surface area contributed by atoms with Crippen LogP contribution in [-0.4, -0.2) is 79.4 Å². The summed E-state index contributed by atoms with van der Waals surface area (Å²) in [5, 5.41) is 0. The first-order chi connectivity index (χ1) is 26.8. The van der Waals surface area contributed by atoms with Crippen molar-refractivity contribution >= 4 is 18.0 Å². The molecule has 324 valence electrons. The molecular weight excluding hydrogens is 689 g/mol. The Morgan fingerprint density at radius 1 is 0.509 bits per heavy atom. The Balaban J connectivity index is 2.26. The molecule has 1 amide bonds. The maximum absolute atomic E-state index is 12.8. The van der Waals surface area contributed by atoms with Crippen LogP contribution in [0.25, 0.3) is 0 Å². The standard InChI is InChI=1S/C47H90N2O6/c1-6-8-10-12-14-16-18-20-22-24-26-28-30-32-34-36-45(50)53-40-44(41-54-47(52)48(5)43-38-49(39-43)42(3)4)55-46(51)37-35-33-31-29-27-25-23-21-19-17-15-13-11-9-7-2/h42-44H,6-41H2,1-5H3. The molecular formula is C47H90N2O6. The van der Waals surface area contributed by atoms with Gasteiger partial charge in [-0.05, 0) is 26.7 Å². The van der Waals surface area contributed by atoms with Gasteiger partial charge in [-0.15, -0.1) is 0 Å². The summed E-state index contributed by atoms with van der Waals surface area (Å²) in [6.45, 7) is 10.3. The minimum Gasteiger partial charge on any atom is -0.462 e. The van der Waals surface area contributed by atoms with Crippen LogP contribution in [0.1, 0.15) is 233 Å². The summed E-state index contributed by atoms with van der Waals surface area (Å²) in [6, 6.07) is 0.548. The molecule has 1 aliphatic heterocycles. The van der Waals surface area contributed by atoms with E-state index in [-0.39, 0.29) is 31.2 Å².